The molecular formula is C15H23FN2O2. The number of carbonyl (C=O) groups excluding carboxylic acids is 1. The maximum Gasteiger partial charge on any atom is 0.260 e. The lowest BCUT2D eigenvalue weighted by Gasteiger charge is -2.21. The van der Waals surface area contributed by atoms with Crippen LogP contribution < -0.4 is 15.4 Å². The van der Waals surface area contributed by atoms with E-state index in [1.807, 2.05) is 20.8 Å². The Balaban J connectivity index is 2.71. The Labute approximate surface area is 119 Å². The fourth-order valence-corrected chi connectivity index (χ4v) is 1.56. The Morgan fingerprint density at radius 1 is 1.40 bits per heavy atom. The van der Waals surface area contributed by atoms with Crippen LogP contribution in [-0.2, 0) is 11.3 Å². The minimum atomic E-state index is -0.729. The minimum Gasteiger partial charge on any atom is -0.478 e. The highest BCUT2D eigenvalue weighted by molar-refractivity contribution is 5.80. The smallest absolute Gasteiger partial charge is 0.260 e. The molecule has 0 bridgehead atoms. The average molecular weight is 282 g/mol. The van der Waals surface area contributed by atoms with Crippen molar-refractivity contribution in [2.45, 2.75) is 45.9 Å². The number of likely N-dealkylation sites (N-methyl/N-ethyl adjacent to an activating group) is 1. The molecule has 0 spiro atoms. The van der Waals surface area contributed by atoms with Gasteiger partial charge in [-0.1, -0.05) is 6.07 Å². The molecule has 2 N–H and O–H groups in total. The number of carbonyl (C=O) groups is 1. The quantitative estimate of drug-likeness (QED) is 0.870. The highest BCUT2D eigenvalue weighted by Gasteiger charge is 2.15. The zero-order valence-electron chi connectivity index (χ0n) is 12.7. The maximum atomic E-state index is 13.9. The molecule has 1 rings (SSSR count). The van der Waals surface area contributed by atoms with E-state index in [4.69, 9.17) is 4.74 Å². The van der Waals surface area contributed by atoms with E-state index in [1.54, 1.807) is 19.1 Å². The van der Waals surface area contributed by atoms with Crippen LogP contribution in [-0.4, -0.2) is 24.6 Å². The molecule has 20 heavy (non-hydrogen) atoms. The first kappa shape index (κ1) is 16.4. The number of amides is 1. The van der Waals surface area contributed by atoms with Crippen LogP contribution in [0.4, 0.5) is 4.39 Å². The van der Waals surface area contributed by atoms with Crippen LogP contribution in [0.2, 0.25) is 0 Å². The maximum absolute atomic E-state index is 13.9. The molecule has 112 valence electrons. The molecule has 0 saturated heterocycles. The molecule has 1 aromatic rings. The molecule has 1 unspecified atom stereocenters. The summed E-state index contributed by atoms with van der Waals surface area (Å²) in [5, 5.41) is 5.74. The van der Waals surface area contributed by atoms with Gasteiger partial charge in [-0.15, -0.1) is 0 Å². The van der Waals surface area contributed by atoms with Gasteiger partial charge in [0.1, 0.15) is 0 Å². The van der Waals surface area contributed by atoms with Gasteiger partial charge in [0.2, 0.25) is 0 Å². The number of ether oxygens (including phenoxy) is 1. The van der Waals surface area contributed by atoms with Crippen molar-refractivity contribution < 1.29 is 13.9 Å². The molecule has 0 heterocycles. The Morgan fingerprint density at radius 3 is 2.55 bits per heavy atom. The van der Waals surface area contributed by atoms with Gasteiger partial charge in [0.25, 0.3) is 5.91 Å². The molecule has 4 nitrogen and oxygen atoms in total. The summed E-state index contributed by atoms with van der Waals surface area (Å²) in [6, 6.07) is 4.76. The molecular weight excluding hydrogens is 259 g/mol. The van der Waals surface area contributed by atoms with Crippen molar-refractivity contribution >= 4 is 5.91 Å². The van der Waals surface area contributed by atoms with Crippen LogP contribution in [0.15, 0.2) is 18.2 Å². The normalized spacial score (nSPS) is 12.9. The SMILES string of the molecule is CNC(=O)C(C)Oc1ccc(CNC(C)(C)C)cc1F. The van der Waals surface area contributed by atoms with Crippen LogP contribution in [0.3, 0.4) is 0 Å². The van der Waals surface area contributed by atoms with E-state index in [2.05, 4.69) is 10.6 Å². The summed E-state index contributed by atoms with van der Waals surface area (Å²) >= 11 is 0. The van der Waals surface area contributed by atoms with Gasteiger partial charge in [-0.05, 0) is 45.4 Å². The molecule has 1 aromatic carbocycles. The van der Waals surface area contributed by atoms with Gasteiger partial charge in [-0.3, -0.25) is 4.79 Å². The third-order valence-electron chi connectivity index (χ3n) is 2.74. The van der Waals surface area contributed by atoms with Gasteiger partial charge in [-0.2, -0.15) is 0 Å². The van der Waals surface area contributed by atoms with E-state index >= 15 is 0 Å². The average Bonchev–Trinajstić information content (AvgIpc) is 2.37. The van der Waals surface area contributed by atoms with Crippen molar-refractivity contribution in [2.75, 3.05) is 7.05 Å². The van der Waals surface area contributed by atoms with Crippen LogP contribution in [0, 0.1) is 5.82 Å². The van der Waals surface area contributed by atoms with Crippen molar-refractivity contribution in [2.24, 2.45) is 0 Å². The second kappa shape index (κ2) is 6.70. The van der Waals surface area contributed by atoms with Gasteiger partial charge in [0.15, 0.2) is 17.7 Å². The Morgan fingerprint density at radius 2 is 2.05 bits per heavy atom. The number of hydrogen-bond donors (Lipinski definition) is 2. The molecule has 0 fully saturated rings. The Hall–Kier alpha value is -1.62. The van der Waals surface area contributed by atoms with Crippen molar-refractivity contribution in [3.05, 3.63) is 29.6 Å². The summed E-state index contributed by atoms with van der Waals surface area (Å²) in [5.41, 5.74) is 0.803. The largest absolute Gasteiger partial charge is 0.478 e. The monoisotopic (exact) mass is 282 g/mol. The molecule has 0 saturated carbocycles. The highest BCUT2D eigenvalue weighted by atomic mass is 19.1. The predicted molar refractivity (Wildman–Crippen MR) is 77.1 cm³/mol. The molecule has 1 amide bonds. The summed E-state index contributed by atoms with van der Waals surface area (Å²) in [4.78, 5) is 11.3. The van der Waals surface area contributed by atoms with Gasteiger partial charge in [-0.25, -0.2) is 4.39 Å². The first-order valence-electron chi connectivity index (χ1n) is 6.64. The number of benzene rings is 1. The number of nitrogens with one attached hydrogen (secondary N) is 2. The van der Waals surface area contributed by atoms with E-state index < -0.39 is 11.9 Å². The first-order valence-corrected chi connectivity index (χ1v) is 6.64. The number of hydrogen-bond acceptors (Lipinski definition) is 3. The zero-order chi connectivity index (χ0) is 15.3. The third-order valence-corrected chi connectivity index (χ3v) is 2.74. The predicted octanol–water partition coefficient (Wildman–Crippen LogP) is 2.23. The van der Waals surface area contributed by atoms with E-state index in [0.717, 1.165) is 5.56 Å². The summed E-state index contributed by atoms with van der Waals surface area (Å²) in [6.45, 7) is 8.29. The van der Waals surface area contributed by atoms with E-state index in [1.165, 1.54) is 13.1 Å². The van der Waals surface area contributed by atoms with Gasteiger partial charge >= 0.3 is 0 Å². The lowest BCUT2D eigenvalue weighted by molar-refractivity contribution is -0.126. The van der Waals surface area contributed by atoms with Gasteiger partial charge in [0, 0.05) is 19.1 Å². The zero-order valence-corrected chi connectivity index (χ0v) is 12.7. The third kappa shape index (κ3) is 5.17. The van der Waals surface area contributed by atoms with Crippen molar-refractivity contribution in [1.29, 1.82) is 0 Å². The minimum absolute atomic E-state index is 0.0284. The fraction of sp³-hybridized carbons (Fsp3) is 0.533. The van der Waals surface area contributed by atoms with Crippen LogP contribution in [0.1, 0.15) is 33.3 Å². The van der Waals surface area contributed by atoms with Crippen molar-refractivity contribution in [1.82, 2.24) is 10.6 Å². The van der Waals surface area contributed by atoms with Gasteiger partial charge < -0.3 is 15.4 Å². The van der Waals surface area contributed by atoms with Crippen LogP contribution in [0.25, 0.3) is 0 Å². The molecule has 0 radical (unpaired) electrons. The lowest BCUT2D eigenvalue weighted by atomic mass is 10.1. The fourth-order valence-electron chi connectivity index (χ4n) is 1.56. The highest BCUT2D eigenvalue weighted by Crippen LogP contribution is 2.20. The molecule has 0 aliphatic rings. The van der Waals surface area contributed by atoms with E-state index in [9.17, 15) is 9.18 Å². The molecule has 0 aliphatic carbocycles. The summed E-state index contributed by atoms with van der Waals surface area (Å²) < 4.78 is 19.2. The van der Waals surface area contributed by atoms with E-state index in [0.29, 0.717) is 6.54 Å². The molecule has 1 atom stereocenters. The van der Waals surface area contributed by atoms with Gasteiger partial charge in [0.05, 0.1) is 0 Å². The summed E-state index contributed by atoms with van der Waals surface area (Å²) in [6.07, 6.45) is -0.729. The standard InChI is InChI=1S/C15H23FN2O2/c1-10(14(19)17-5)20-13-7-6-11(8-12(13)16)9-18-15(2,3)4/h6-8,10,18H,9H2,1-5H3,(H,17,19). The van der Waals surface area contributed by atoms with Crippen molar-refractivity contribution in [3.63, 3.8) is 0 Å². The topological polar surface area (TPSA) is 50.4 Å². The summed E-state index contributed by atoms with van der Waals surface area (Å²) in [5.74, 6) is -0.669. The van der Waals surface area contributed by atoms with Crippen molar-refractivity contribution in [3.8, 4) is 5.75 Å². The van der Waals surface area contributed by atoms with Crippen LogP contribution >= 0.6 is 0 Å². The Kier molecular flexibility index (Phi) is 5.51. The Bertz CT molecular complexity index is 469. The molecule has 0 aromatic heterocycles. The second-order valence-corrected chi connectivity index (χ2v) is 5.74. The first-order chi connectivity index (χ1) is 9.23. The molecule has 0 aliphatic heterocycles. The van der Waals surface area contributed by atoms with E-state index in [-0.39, 0.29) is 17.2 Å². The summed E-state index contributed by atoms with van der Waals surface area (Å²) in [7, 11) is 1.51. The second-order valence-electron chi connectivity index (χ2n) is 5.74. The molecule has 5 heteroatoms. The van der Waals surface area contributed by atoms with Crippen LogP contribution in [0.5, 0.6) is 5.75 Å². The number of rotatable bonds is 5. The number of halogens is 1. The lowest BCUT2D eigenvalue weighted by Crippen LogP contribution is -2.35.